The van der Waals surface area contributed by atoms with Gasteiger partial charge in [-0.25, -0.2) is 9.38 Å². The summed E-state index contributed by atoms with van der Waals surface area (Å²) in [4.78, 5) is 4.50. The monoisotopic (exact) mass is 461 g/mol. The quantitative estimate of drug-likeness (QED) is 0.359. The molecule has 2 rings (SSSR count). The summed E-state index contributed by atoms with van der Waals surface area (Å²) in [5, 5.41) is 6.43. The Morgan fingerprint density at radius 1 is 1.28 bits per heavy atom. The van der Waals surface area contributed by atoms with Crippen molar-refractivity contribution in [1.82, 2.24) is 10.6 Å². The molecule has 0 bridgehead atoms. The molecular formula is C18H25FIN3O2. The van der Waals surface area contributed by atoms with Gasteiger partial charge in [0.25, 0.3) is 0 Å². The number of halogens is 2. The molecule has 7 heteroatoms. The van der Waals surface area contributed by atoms with Gasteiger partial charge in [-0.3, -0.25) is 0 Å². The number of ether oxygens (including phenoxy) is 1. The van der Waals surface area contributed by atoms with Crippen LogP contribution in [0, 0.1) is 5.82 Å². The van der Waals surface area contributed by atoms with Gasteiger partial charge in [-0.1, -0.05) is 6.07 Å². The first-order valence-electron chi connectivity index (χ1n) is 8.14. The molecule has 1 atom stereocenters. The van der Waals surface area contributed by atoms with Crippen LogP contribution in [0.5, 0.6) is 5.75 Å². The van der Waals surface area contributed by atoms with Crippen LogP contribution in [0.4, 0.5) is 4.39 Å². The Hall–Kier alpha value is -1.77. The van der Waals surface area contributed by atoms with E-state index in [1.807, 2.05) is 26.0 Å². The van der Waals surface area contributed by atoms with Crippen LogP contribution in [0.2, 0.25) is 0 Å². The van der Waals surface area contributed by atoms with E-state index < -0.39 is 0 Å². The topological polar surface area (TPSA) is 58.8 Å². The number of guanidine groups is 1. The molecule has 1 aromatic carbocycles. The number of aliphatic imine (C=N–C) groups is 1. The van der Waals surface area contributed by atoms with E-state index in [0.717, 1.165) is 31.2 Å². The number of furan rings is 1. The lowest BCUT2D eigenvalue weighted by Crippen LogP contribution is -2.39. The van der Waals surface area contributed by atoms with Crippen LogP contribution >= 0.6 is 24.0 Å². The van der Waals surface area contributed by atoms with E-state index in [2.05, 4.69) is 15.6 Å². The molecule has 2 aromatic rings. The van der Waals surface area contributed by atoms with Gasteiger partial charge in [0, 0.05) is 25.6 Å². The number of rotatable bonds is 8. The average Bonchev–Trinajstić information content (AvgIpc) is 3.06. The molecular weight excluding hydrogens is 436 g/mol. The molecule has 138 valence electrons. The maximum Gasteiger partial charge on any atom is 0.191 e. The molecule has 0 saturated heterocycles. The second-order valence-corrected chi connectivity index (χ2v) is 5.36. The molecule has 0 aliphatic rings. The highest BCUT2D eigenvalue weighted by Crippen LogP contribution is 2.13. The Bertz CT molecular complexity index is 635. The van der Waals surface area contributed by atoms with Crippen LogP contribution in [0.25, 0.3) is 0 Å². The zero-order valence-electron chi connectivity index (χ0n) is 14.5. The molecule has 1 unspecified atom stereocenters. The molecule has 1 heterocycles. The van der Waals surface area contributed by atoms with E-state index >= 15 is 0 Å². The van der Waals surface area contributed by atoms with Crippen molar-refractivity contribution in [3.8, 4) is 5.75 Å². The summed E-state index contributed by atoms with van der Waals surface area (Å²) in [6.45, 7) is 5.87. The highest BCUT2D eigenvalue weighted by atomic mass is 127. The molecule has 25 heavy (non-hydrogen) atoms. The first-order chi connectivity index (χ1) is 11.7. The van der Waals surface area contributed by atoms with Gasteiger partial charge in [0.1, 0.15) is 23.4 Å². The lowest BCUT2D eigenvalue weighted by Gasteiger charge is -2.15. The van der Waals surface area contributed by atoms with Crippen molar-refractivity contribution < 1.29 is 13.5 Å². The van der Waals surface area contributed by atoms with Gasteiger partial charge in [0.15, 0.2) is 5.96 Å². The number of nitrogens with zero attached hydrogens (tertiary/aromatic N) is 1. The lowest BCUT2D eigenvalue weighted by atomic mass is 10.3. The smallest absolute Gasteiger partial charge is 0.191 e. The number of benzene rings is 1. The fourth-order valence-corrected chi connectivity index (χ4v) is 2.13. The second-order valence-electron chi connectivity index (χ2n) is 5.36. The van der Waals surface area contributed by atoms with Crippen molar-refractivity contribution in [1.29, 1.82) is 0 Å². The molecule has 0 radical (unpaired) electrons. The van der Waals surface area contributed by atoms with E-state index in [1.54, 1.807) is 18.4 Å². The summed E-state index contributed by atoms with van der Waals surface area (Å²) in [5.74, 6) is 1.85. The summed E-state index contributed by atoms with van der Waals surface area (Å²) in [6.07, 6.45) is 2.29. The van der Waals surface area contributed by atoms with Crippen LogP contribution in [-0.2, 0) is 6.42 Å². The van der Waals surface area contributed by atoms with Crippen molar-refractivity contribution in [2.75, 3.05) is 19.6 Å². The van der Waals surface area contributed by atoms with Crippen molar-refractivity contribution in [2.45, 2.75) is 26.4 Å². The van der Waals surface area contributed by atoms with E-state index in [-0.39, 0.29) is 35.9 Å². The predicted molar refractivity (Wildman–Crippen MR) is 108 cm³/mol. The molecule has 0 amide bonds. The van der Waals surface area contributed by atoms with E-state index in [4.69, 9.17) is 9.15 Å². The summed E-state index contributed by atoms with van der Waals surface area (Å²) in [6, 6.07) is 9.94. The van der Waals surface area contributed by atoms with Crippen LogP contribution in [-0.4, -0.2) is 31.7 Å². The van der Waals surface area contributed by atoms with Crippen molar-refractivity contribution in [2.24, 2.45) is 4.99 Å². The fraction of sp³-hybridized carbons (Fsp3) is 0.389. The SMILES string of the molecule is CCNC(=NCC(C)Oc1cccc(F)c1)NCCc1ccco1.I. The van der Waals surface area contributed by atoms with Crippen LogP contribution in [0.1, 0.15) is 19.6 Å². The highest BCUT2D eigenvalue weighted by Gasteiger charge is 2.05. The third-order valence-corrected chi connectivity index (χ3v) is 3.23. The predicted octanol–water partition coefficient (Wildman–Crippen LogP) is 3.60. The summed E-state index contributed by atoms with van der Waals surface area (Å²) < 4.78 is 24.1. The Kier molecular flexibility index (Phi) is 9.98. The molecule has 0 saturated carbocycles. The Morgan fingerprint density at radius 2 is 2.12 bits per heavy atom. The lowest BCUT2D eigenvalue weighted by molar-refractivity contribution is 0.229. The zero-order valence-corrected chi connectivity index (χ0v) is 16.8. The minimum absolute atomic E-state index is 0. The maximum atomic E-state index is 13.2. The third kappa shape index (κ3) is 8.24. The van der Waals surface area contributed by atoms with Gasteiger partial charge in [-0.2, -0.15) is 0 Å². The van der Waals surface area contributed by atoms with Gasteiger partial charge in [-0.05, 0) is 38.1 Å². The molecule has 0 aliphatic carbocycles. The molecule has 0 aliphatic heterocycles. The minimum atomic E-state index is -0.309. The Labute approximate surface area is 165 Å². The van der Waals surface area contributed by atoms with Crippen molar-refractivity contribution in [3.63, 3.8) is 0 Å². The van der Waals surface area contributed by atoms with E-state index in [1.165, 1.54) is 12.1 Å². The first-order valence-corrected chi connectivity index (χ1v) is 8.14. The van der Waals surface area contributed by atoms with Gasteiger partial charge in [0.2, 0.25) is 0 Å². The van der Waals surface area contributed by atoms with Crippen molar-refractivity contribution >= 4 is 29.9 Å². The fourth-order valence-electron chi connectivity index (χ4n) is 2.13. The summed E-state index contributed by atoms with van der Waals surface area (Å²) in [7, 11) is 0. The summed E-state index contributed by atoms with van der Waals surface area (Å²) in [5.41, 5.74) is 0. The highest BCUT2D eigenvalue weighted by molar-refractivity contribution is 14.0. The van der Waals surface area contributed by atoms with Crippen LogP contribution < -0.4 is 15.4 Å². The summed E-state index contributed by atoms with van der Waals surface area (Å²) >= 11 is 0. The third-order valence-electron chi connectivity index (χ3n) is 3.23. The zero-order chi connectivity index (χ0) is 17.2. The molecule has 0 spiro atoms. The number of nitrogens with one attached hydrogen (secondary N) is 2. The van der Waals surface area contributed by atoms with Gasteiger partial charge < -0.3 is 19.8 Å². The van der Waals surface area contributed by atoms with Gasteiger partial charge in [-0.15, -0.1) is 24.0 Å². The first kappa shape index (κ1) is 21.3. The Morgan fingerprint density at radius 3 is 2.80 bits per heavy atom. The van der Waals surface area contributed by atoms with Crippen LogP contribution in [0.15, 0.2) is 52.1 Å². The standard InChI is InChI=1S/C18H24FN3O2.HI/c1-3-20-18(21-10-9-16-8-5-11-23-16)22-13-14(2)24-17-7-4-6-15(19)12-17;/h4-8,11-12,14H,3,9-10,13H2,1-2H3,(H2,20,21,22);1H. The average molecular weight is 461 g/mol. The molecule has 5 nitrogen and oxygen atoms in total. The molecule has 2 N–H and O–H groups in total. The molecule has 1 aromatic heterocycles. The second kappa shape index (κ2) is 11.7. The van der Waals surface area contributed by atoms with Gasteiger partial charge >= 0.3 is 0 Å². The molecule has 0 fully saturated rings. The maximum absolute atomic E-state index is 13.2. The minimum Gasteiger partial charge on any atom is -0.489 e. The largest absolute Gasteiger partial charge is 0.489 e. The van der Waals surface area contributed by atoms with E-state index in [9.17, 15) is 4.39 Å². The normalized spacial score (nSPS) is 12.2. The van der Waals surface area contributed by atoms with Crippen molar-refractivity contribution in [3.05, 3.63) is 54.2 Å². The Balaban J connectivity index is 0.00000312. The van der Waals surface area contributed by atoms with Crippen LogP contribution in [0.3, 0.4) is 0 Å². The van der Waals surface area contributed by atoms with Gasteiger partial charge in [0.05, 0.1) is 12.8 Å². The van der Waals surface area contributed by atoms with E-state index in [0.29, 0.717) is 12.3 Å². The number of hydrogen-bond acceptors (Lipinski definition) is 3. The number of hydrogen-bond donors (Lipinski definition) is 2.